The first-order valence-electron chi connectivity index (χ1n) is 8.41. The average molecular weight is 384 g/mol. The lowest BCUT2D eigenvalue weighted by molar-refractivity contribution is -0.137. The van der Waals surface area contributed by atoms with Crippen molar-refractivity contribution in [3.8, 4) is 0 Å². The molecule has 26 heavy (non-hydrogen) atoms. The number of halogens is 3. The molecule has 9 heteroatoms. The molecule has 2 heterocycles. The predicted molar refractivity (Wildman–Crippen MR) is 93.0 cm³/mol. The van der Waals surface area contributed by atoms with Gasteiger partial charge >= 0.3 is 6.18 Å². The lowest BCUT2D eigenvalue weighted by atomic mass is 10.2. The second-order valence-electron chi connectivity index (χ2n) is 6.19. The van der Waals surface area contributed by atoms with Crippen LogP contribution in [0.5, 0.6) is 0 Å². The minimum absolute atomic E-state index is 0.291. The Kier molecular flexibility index (Phi) is 5.55. The van der Waals surface area contributed by atoms with E-state index in [-0.39, 0.29) is 5.91 Å². The van der Waals surface area contributed by atoms with Gasteiger partial charge in [0.2, 0.25) is 5.91 Å². The lowest BCUT2D eigenvalue weighted by Crippen LogP contribution is -2.23. The maximum atomic E-state index is 12.6. The molecule has 0 radical (unpaired) electrons. The monoisotopic (exact) mass is 384 g/mol. The number of aryl methyl sites for hydroxylation is 1. The number of aromatic nitrogens is 3. The summed E-state index contributed by atoms with van der Waals surface area (Å²) in [6, 6.07) is 4.40. The van der Waals surface area contributed by atoms with E-state index < -0.39 is 17.0 Å². The van der Waals surface area contributed by atoms with Crippen LogP contribution in [0.25, 0.3) is 0 Å². The molecular weight excluding hydrogens is 365 g/mol. The summed E-state index contributed by atoms with van der Waals surface area (Å²) in [5.74, 6) is 0.654. The van der Waals surface area contributed by atoms with Gasteiger partial charge in [0.05, 0.1) is 10.8 Å². The molecule has 1 atom stereocenters. The molecule has 0 spiro atoms. The first-order chi connectivity index (χ1) is 12.3. The summed E-state index contributed by atoms with van der Waals surface area (Å²) in [6.07, 6.45) is -0.203. The summed E-state index contributed by atoms with van der Waals surface area (Å²) >= 11 is 1.31. The molecule has 1 N–H and O–H groups in total. The molecule has 1 amide bonds. The molecule has 0 bridgehead atoms. The molecule has 0 aliphatic carbocycles. The Balaban J connectivity index is 1.62. The number of anilines is 1. The van der Waals surface area contributed by atoms with Gasteiger partial charge < -0.3 is 9.88 Å². The van der Waals surface area contributed by atoms with Crippen LogP contribution in [0.2, 0.25) is 0 Å². The number of fused-ring (bicyclic) bond motifs is 1. The summed E-state index contributed by atoms with van der Waals surface area (Å²) in [6.45, 7) is 2.58. The summed E-state index contributed by atoms with van der Waals surface area (Å²) in [4.78, 5) is 12.3. The van der Waals surface area contributed by atoms with Crippen LogP contribution in [0.4, 0.5) is 18.9 Å². The normalized spacial score (nSPS) is 15.8. The average Bonchev–Trinajstić information content (AvgIpc) is 2.81. The number of alkyl halides is 3. The van der Waals surface area contributed by atoms with Gasteiger partial charge in [-0.15, -0.1) is 10.2 Å². The van der Waals surface area contributed by atoms with E-state index >= 15 is 0 Å². The molecule has 5 nitrogen and oxygen atoms in total. The maximum Gasteiger partial charge on any atom is 0.416 e. The van der Waals surface area contributed by atoms with E-state index in [9.17, 15) is 18.0 Å². The van der Waals surface area contributed by atoms with E-state index in [4.69, 9.17) is 0 Å². The number of hydrogen-bond donors (Lipinski definition) is 1. The van der Waals surface area contributed by atoms with Crippen molar-refractivity contribution in [1.82, 2.24) is 14.8 Å². The number of thioether (sulfide) groups is 1. The van der Waals surface area contributed by atoms with Crippen LogP contribution in [0.3, 0.4) is 0 Å². The number of rotatable bonds is 4. The van der Waals surface area contributed by atoms with E-state index in [0.717, 1.165) is 50.2 Å². The van der Waals surface area contributed by atoms with Crippen LogP contribution in [-0.4, -0.2) is 25.9 Å². The molecule has 0 saturated carbocycles. The first kappa shape index (κ1) is 18.8. The van der Waals surface area contributed by atoms with Gasteiger partial charge in [-0.3, -0.25) is 4.79 Å². The smallest absolute Gasteiger partial charge is 0.325 e. The van der Waals surface area contributed by atoms with Gasteiger partial charge in [-0.2, -0.15) is 13.2 Å². The van der Waals surface area contributed by atoms with Crippen molar-refractivity contribution in [3.05, 3.63) is 35.7 Å². The molecule has 1 aliphatic rings. The highest BCUT2D eigenvalue weighted by atomic mass is 32.2. The van der Waals surface area contributed by atoms with Crippen LogP contribution >= 0.6 is 11.8 Å². The third-order valence-electron chi connectivity index (χ3n) is 4.21. The number of carbonyl (C=O) groups is 1. The van der Waals surface area contributed by atoms with Crippen LogP contribution in [0.15, 0.2) is 29.4 Å². The van der Waals surface area contributed by atoms with Gasteiger partial charge in [0.15, 0.2) is 5.16 Å². The van der Waals surface area contributed by atoms with Gasteiger partial charge in [-0.1, -0.05) is 18.2 Å². The molecule has 0 fully saturated rings. The zero-order chi connectivity index (χ0) is 18.7. The SMILES string of the molecule is C[C@@H](Sc1nnc2n1CCCCC2)C(=O)Nc1ccc(C(F)(F)F)cc1. The van der Waals surface area contributed by atoms with Gasteiger partial charge in [0.1, 0.15) is 5.82 Å². The number of nitrogens with zero attached hydrogens (tertiary/aromatic N) is 3. The predicted octanol–water partition coefficient (Wildman–Crippen LogP) is 4.14. The number of hydrogen-bond acceptors (Lipinski definition) is 4. The fourth-order valence-electron chi connectivity index (χ4n) is 2.74. The third-order valence-corrected chi connectivity index (χ3v) is 5.29. The quantitative estimate of drug-likeness (QED) is 0.805. The Bertz CT molecular complexity index is 773. The summed E-state index contributed by atoms with van der Waals surface area (Å²) in [7, 11) is 0. The Morgan fingerprint density at radius 3 is 2.62 bits per heavy atom. The Labute approximate surface area is 153 Å². The van der Waals surface area contributed by atoms with E-state index in [1.807, 2.05) is 0 Å². The van der Waals surface area contributed by atoms with E-state index in [2.05, 4.69) is 20.1 Å². The van der Waals surface area contributed by atoms with E-state index in [0.29, 0.717) is 10.8 Å². The van der Waals surface area contributed by atoms with Crippen LogP contribution < -0.4 is 5.32 Å². The third kappa shape index (κ3) is 4.38. The Morgan fingerprint density at radius 1 is 1.19 bits per heavy atom. The highest BCUT2D eigenvalue weighted by molar-refractivity contribution is 8.00. The van der Waals surface area contributed by atoms with E-state index in [1.54, 1.807) is 6.92 Å². The van der Waals surface area contributed by atoms with Crippen molar-refractivity contribution < 1.29 is 18.0 Å². The number of carbonyl (C=O) groups excluding carboxylic acids is 1. The Morgan fingerprint density at radius 2 is 1.92 bits per heavy atom. The zero-order valence-corrected chi connectivity index (χ0v) is 15.0. The van der Waals surface area contributed by atoms with Crippen molar-refractivity contribution in [2.24, 2.45) is 0 Å². The summed E-state index contributed by atoms with van der Waals surface area (Å²) in [5, 5.41) is 11.3. The molecule has 1 aliphatic heterocycles. The highest BCUT2D eigenvalue weighted by Gasteiger charge is 2.30. The molecule has 140 valence electrons. The minimum Gasteiger partial charge on any atom is -0.325 e. The van der Waals surface area contributed by atoms with Gasteiger partial charge in [-0.05, 0) is 44.0 Å². The van der Waals surface area contributed by atoms with Crippen LogP contribution in [0, 0.1) is 0 Å². The van der Waals surface area contributed by atoms with Gasteiger partial charge in [0, 0.05) is 18.7 Å². The fraction of sp³-hybridized carbons (Fsp3) is 0.471. The van der Waals surface area contributed by atoms with Crippen LogP contribution in [-0.2, 0) is 23.9 Å². The van der Waals surface area contributed by atoms with E-state index in [1.165, 1.54) is 23.9 Å². The topological polar surface area (TPSA) is 59.8 Å². The molecule has 0 unspecified atom stereocenters. The molecule has 2 aromatic rings. The summed E-state index contributed by atoms with van der Waals surface area (Å²) < 4.78 is 39.8. The maximum absolute atomic E-state index is 12.6. The zero-order valence-electron chi connectivity index (χ0n) is 14.2. The first-order valence-corrected chi connectivity index (χ1v) is 9.29. The van der Waals surface area contributed by atoms with Gasteiger partial charge in [-0.25, -0.2) is 0 Å². The van der Waals surface area contributed by atoms with Crippen molar-refractivity contribution >= 4 is 23.4 Å². The standard InChI is InChI=1S/C17H19F3N4OS/c1-11(26-16-23-22-14-5-3-2-4-10-24(14)16)15(25)21-13-8-6-12(7-9-13)17(18,19)20/h6-9,11H,2-5,10H2,1H3,(H,21,25)/t11-/m1/s1. The second kappa shape index (κ2) is 7.69. The van der Waals surface area contributed by atoms with Crippen molar-refractivity contribution in [3.63, 3.8) is 0 Å². The highest BCUT2D eigenvalue weighted by Crippen LogP contribution is 2.30. The lowest BCUT2D eigenvalue weighted by Gasteiger charge is -2.13. The number of benzene rings is 1. The summed E-state index contributed by atoms with van der Waals surface area (Å²) in [5.41, 5.74) is -0.417. The van der Waals surface area contributed by atoms with Gasteiger partial charge in [0.25, 0.3) is 0 Å². The van der Waals surface area contributed by atoms with Crippen molar-refractivity contribution in [1.29, 1.82) is 0 Å². The molecule has 1 aromatic carbocycles. The van der Waals surface area contributed by atoms with Crippen LogP contribution in [0.1, 0.15) is 37.6 Å². The second-order valence-corrected chi connectivity index (χ2v) is 7.49. The Hall–Kier alpha value is -2.03. The molecule has 3 rings (SSSR count). The number of amides is 1. The molecule has 1 aromatic heterocycles. The number of nitrogens with one attached hydrogen (secondary N) is 1. The molecule has 0 saturated heterocycles. The minimum atomic E-state index is -4.39. The largest absolute Gasteiger partial charge is 0.416 e. The molecular formula is C17H19F3N4OS. The van der Waals surface area contributed by atoms with Crippen molar-refractivity contribution in [2.45, 2.75) is 55.7 Å². The fourth-order valence-corrected chi connectivity index (χ4v) is 3.64. The van der Waals surface area contributed by atoms with Crippen molar-refractivity contribution in [2.75, 3.05) is 5.32 Å².